The summed E-state index contributed by atoms with van der Waals surface area (Å²) < 4.78 is 4.25. The maximum absolute atomic E-state index is 4.25. The Morgan fingerprint density at radius 3 is 2.31 bits per heavy atom. The maximum Gasteiger partial charge on any atom is 0.0351 e. The summed E-state index contributed by atoms with van der Waals surface area (Å²) in [5.41, 5.74) is 0. The van der Waals surface area contributed by atoms with Crippen LogP contribution in [0.2, 0.25) is 0 Å². The molecular formula is C11H23NO. The quantitative estimate of drug-likeness (QED) is 0.573. The SMILES string of the molecule is CN1CCCC2CCCC21.COC. The van der Waals surface area contributed by atoms with Crippen molar-refractivity contribution < 1.29 is 4.74 Å². The van der Waals surface area contributed by atoms with Gasteiger partial charge in [0.05, 0.1) is 0 Å². The summed E-state index contributed by atoms with van der Waals surface area (Å²) in [6.07, 6.45) is 7.42. The van der Waals surface area contributed by atoms with Gasteiger partial charge in [-0.25, -0.2) is 0 Å². The molecule has 0 N–H and O–H groups in total. The first kappa shape index (κ1) is 11.0. The molecule has 1 saturated heterocycles. The van der Waals surface area contributed by atoms with E-state index in [2.05, 4.69) is 16.7 Å². The minimum absolute atomic E-state index is 0.966. The van der Waals surface area contributed by atoms with Crippen LogP contribution in [0.25, 0.3) is 0 Å². The topological polar surface area (TPSA) is 12.5 Å². The molecule has 1 saturated carbocycles. The smallest absolute Gasteiger partial charge is 0.0351 e. The molecule has 0 amide bonds. The molecule has 13 heavy (non-hydrogen) atoms. The van der Waals surface area contributed by atoms with Gasteiger partial charge in [0, 0.05) is 20.3 Å². The fourth-order valence-corrected chi connectivity index (χ4v) is 2.70. The molecule has 2 heteroatoms. The third kappa shape index (κ3) is 2.96. The lowest BCUT2D eigenvalue weighted by Crippen LogP contribution is -2.39. The van der Waals surface area contributed by atoms with E-state index in [1.807, 2.05) is 0 Å². The summed E-state index contributed by atoms with van der Waals surface area (Å²) in [7, 11) is 5.54. The number of piperidine rings is 1. The summed E-state index contributed by atoms with van der Waals surface area (Å²) in [5.74, 6) is 1.07. The minimum atomic E-state index is 0.966. The average Bonchev–Trinajstić information content (AvgIpc) is 2.54. The highest BCUT2D eigenvalue weighted by Crippen LogP contribution is 2.35. The Morgan fingerprint density at radius 1 is 1.08 bits per heavy atom. The van der Waals surface area contributed by atoms with Crippen LogP contribution >= 0.6 is 0 Å². The summed E-state index contributed by atoms with van der Waals surface area (Å²) in [4.78, 5) is 2.57. The van der Waals surface area contributed by atoms with Gasteiger partial charge in [0.1, 0.15) is 0 Å². The summed E-state index contributed by atoms with van der Waals surface area (Å²) in [6.45, 7) is 1.35. The van der Waals surface area contributed by atoms with Gasteiger partial charge in [-0.2, -0.15) is 0 Å². The van der Waals surface area contributed by atoms with Crippen molar-refractivity contribution in [2.45, 2.75) is 38.1 Å². The zero-order valence-electron chi connectivity index (χ0n) is 9.25. The Bertz CT molecular complexity index is 138. The van der Waals surface area contributed by atoms with Crippen molar-refractivity contribution in [2.75, 3.05) is 27.8 Å². The van der Waals surface area contributed by atoms with Crippen molar-refractivity contribution in [2.24, 2.45) is 5.92 Å². The molecule has 0 aromatic heterocycles. The first-order valence-corrected chi connectivity index (χ1v) is 5.40. The Morgan fingerprint density at radius 2 is 1.69 bits per heavy atom. The molecule has 1 aliphatic carbocycles. The van der Waals surface area contributed by atoms with E-state index >= 15 is 0 Å². The second kappa shape index (κ2) is 5.61. The highest BCUT2D eigenvalue weighted by Gasteiger charge is 2.32. The summed E-state index contributed by atoms with van der Waals surface area (Å²) >= 11 is 0. The molecule has 2 fully saturated rings. The molecule has 0 spiro atoms. The number of ether oxygens (including phenoxy) is 1. The first-order chi connectivity index (χ1) is 6.29. The van der Waals surface area contributed by atoms with Gasteiger partial charge in [-0.05, 0) is 45.2 Å². The fourth-order valence-electron chi connectivity index (χ4n) is 2.70. The molecule has 2 rings (SSSR count). The van der Waals surface area contributed by atoms with Crippen molar-refractivity contribution in [1.29, 1.82) is 0 Å². The highest BCUT2D eigenvalue weighted by molar-refractivity contribution is 4.87. The second-order valence-corrected chi connectivity index (χ2v) is 4.29. The minimum Gasteiger partial charge on any atom is -0.388 e. The molecule has 1 heterocycles. The van der Waals surface area contributed by atoms with Crippen LogP contribution in [0, 0.1) is 5.92 Å². The molecule has 0 aromatic carbocycles. The number of rotatable bonds is 0. The fraction of sp³-hybridized carbons (Fsp3) is 1.00. The van der Waals surface area contributed by atoms with E-state index in [4.69, 9.17) is 0 Å². The van der Waals surface area contributed by atoms with Crippen molar-refractivity contribution in [3.63, 3.8) is 0 Å². The Labute approximate surface area is 82.3 Å². The molecule has 1 aliphatic heterocycles. The summed E-state index contributed by atoms with van der Waals surface area (Å²) in [6, 6.07) is 0.966. The molecule has 2 unspecified atom stereocenters. The van der Waals surface area contributed by atoms with Gasteiger partial charge in [-0.1, -0.05) is 6.42 Å². The van der Waals surface area contributed by atoms with Crippen LogP contribution in [-0.2, 0) is 4.74 Å². The molecule has 0 radical (unpaired) electrons. The molecule has 0 aromatic rings. The van der Waals surface area contributed by atoms with E-state index in [1.165, 1.54) is 38.6 Å². The number of nitrogens with zero attached hydrogens (tertiary/aromatic N) is 1. The molecule has 2 aliphatic rings. The van der Waals surface area contributed by atoms with Crippen molar-refractivity contribution in [3.05, 3.63) is 0 Å². The van der Waals surface area contributed by atoms with E-state index in [-0.39, 0.29) is 0 Å². The van der Waals surface area contributed by atoms with Gasteiger partial charge >= 0.3 is 0 Å². The predicted octanol–water partition coefficient (Wildman–Crippen LogP) is 2.14. The van der Waals surface area contributed by atoms with Gasteiger partial charge in [0.15, 0.2) is 0 Å². The highest BCUT2D eigenvalue weighted by atomic mass is 16.4. The van der Waals surface area contributed by atoms with Crippen molar-refractivity contribution >= 4 is 0 Å². The lowest BCUT2D eigenvalue weighted by molar-refractivity contribution is 0.144. The second-order valence-electron chi connectivity index (χ2n) is 4.29. The lowest BCUT2D eigenvalue weighted by atomic mass is 9.93. The van der Waals surface area contributed by atoms with Crippen LogP contribution in [-0.4, -0.2) is 38.8 Å². The normalized spacial score (nSPS) is 33.5. The lowest BCUT2D eigenvalue weighted by Gasteiger charge is -2.34. The average molecular weight is 185 g/mol. The predicted molar refractivity (Wildman–Crippen MR) is 55.9 cm³/mol. The van der Waals surface area contributed by atoms with E-state index < -0.39 is 0 Å². The van der Waals surface area contributed by atoms with Crippen LogP contribution in [0.5, 0.6) is 0 Å². The van der Waals surface area contributed by atoms with Crippen LogP contribution in [0.15, 0.2) is 0 Å². The van der Waals surface area contributed by atoms with Gasteiger partial charge in [-0.15, -0.1) is 0 Å². The van der Waals surface area contributed by atoms with Gasteiger partial charge in [-0.3, -0.25) is 0 Å². The van der Waals surface area contributed by atoms with Gasteiger partial charge < -0.3 is 9.64 Å². The molecule has 0 bridgehead atoms. The zero-order chi connectivity index (χ0) is 9.68. The van der Waals surface area contributed by atoms with Crippen molar-refractivity contribution in [1.82, 2.24) is 4.90 Å². The monoisotopic (exact) mass is 185 g/mol. The number of hydrogen-bond acceptors (Lipinski definition) is 2. The Kier molecular flexibility index (Phi) is 4.74. The Balaban J connectivity index is 0.000000251. The van der Waals surface area contributed by atoms with E-state index in [1.54, 1.807) is 14.2 Å². The number of hydrogen-bond donors (Lipinski definition) is 0. The third-order valence-corrected chi connectivity index (χ3v) is 3.27. The summed E-state index contributed by atoms with van der Waals surface area (Å²) in [5, 5.41) is 0. The van der Waals surface area contributed by atoms with E-state index in [9.17, 15) is 0 Å². The standard InChI is InChI=1S/C9H17N.C2H6O/c1-10-7-3-5-8-4-2-6-9(8)10;1-3-2/h8-9H,2-7H2,1H3;1-2H3. The molecule has 2 nitrogen and oxygen atoms in total. The maximum atomic E-state index is 4.25. The van der Waals surface area contributed by atoms with Crippen LogP contribution < -0.4 is 0 Å². The van der Waals surface area contributed by atoms with Crippen LogP contribution in [0.1, 0.15) is 32.1 Å². The number of fused-ring (bicyclic) bond motifs is 1. The van der Waals surface area contributed by atoms with Gasteiger partial charge in [0.25, 0.3) is 0 Å². The number of methoxy groups -OCH3 is 1. The van der Waals surface area contributed by atoms with E-state index in [0.717, 1.165) is 12.0 Å². The zero-order valence-corrected chi connectivity index (χ0v) is 9.25. The molecule has 2 atom stereocenters. The Hall–Kier alpha value is -0.0800. The first-order valence-electron chi connectivity index (χ1n) is 5.40. The van der Waals surface area contributed by atoms with Gasteiger partial charge in [0.2, 0.25) is 0 Å². The largest absolute Gasteiger partial charge is 0.388 e. The van der Waals surface area contributed by atoms with Crippen LogP contribution in [0.3, 0.4) is 0 Å². The third-order valence-electron chi connectivity index (χ3n) is 3.27. The van der Waals surface area contributed by atoms with E-state index in [0.29, 0.717) is 0 Å². The molecular weight excluding hydrogens is 162 g/mol. The van der Waals surface area contributed by atoms with Crippen molar-refractivity contribution in [3.8, 4) is 0 Å². The number of likely N-dealkylation sites (tertiary alicyclic amines) is 1. The van der Waals surface area contributed by atoms with Crippen LogP contribution in [0.4, 0.5) is 0 Å². The molecule has 78 valence electrons.